The Balaban J connectivity index is 2.34. The SMILES string of the molecule is CCCNC(CCc1nccn1C)COCC. The van der Waals surface area contributed by atoms with Crippen molar-refractivity contribution in [2.75, 3.05) is 19.8 Å². The van der Waals surface area contributed by atoms with Gasteiger partial charge in [-0.2, -0.15) is 0 Å². The molecule has 0 bridgehead atoms. The van der Waals surface area contributed by atoms with Crippen molar-refractivity contribution in [2.45, 2.75) is 39.2 Å². The third kappa shape index (κ3) is 5.33. The van der Waals surface area contributed by atoms with E-state index in [4.69, 9.17) is 4.74 Å². The molecular formula is C13H25N3O. The van der Waals surface area contributed by atoms with E-state index in [0.29, 0.717) is 6.04 Å². The number of imidazole rings is 1. The third-order valence-corrected chi connectivity index (χ3v) is 2.84. The van der Waals surface area contributed by atoms with Crippen molar-refractivity contribution in [1.29, 1.82) is 0 Å². The first-order valence-corrected chi connectivity index (χ1v) is 6.55. The van der Waals surface area contributed by atoms with Crippen LogP contribution in [0.4, 0.5) is 0 Å². The summed E-state index contributed by atoms with van der Waals surface area (Å²) in [5.41, 5.74) is 0. The van der Waals surface area contributed by atoms with Crippen molar-refractivity contribution in [3.63, 3.8) is 0 Å². The lowest BCUT2D eigenvalue weighted by molar-refractivity contribution is 0.120. The Hall–Kier alpha value is -0.870. The van der Waals surface area contributed by atoms with Crippen LogP contribution in [0.15, 0.2) is 12.4 Å². The fourth-order valence-corrected chi connectivity index (χ4v) is 1.79. The average molecular weight is 239 g/mol. The number of nitrogens with zero attached hydrogens (tertiary/aromatic N) is 2. The van der Waals surface area contributed by atoms with Gasteiger partial charge in [0.25, 0.3) is 0 Å². The second-order valence-corrected chi connectivity index (χ2v) is 4.30. The Morgan fingerprint density at radius 1 is 1.47 bits per heavy atom. The topological polar surface area (TPSA) is 39.1 Å². The zero-order valence-electron chi connectivity index (χ0n) is 11.3. The Kier molecular flexibility index (Phi) is 6.89. The van der Waals surface area contributed by atoms with Crippen LogP contribution < -0.4 is 5.32 Å². The van der Waals surface area contributed by atoms with Crippen LogP contribution in [-0.4, -0.2) is 35.4 Å². The van der Waals surface area contributed by atoms with Crippen LogP contribution in [-0.2, 0) is 18.2 Å². The van der Waals surface area contributed by atoms with E-state index >= 15 is 0 Å². The van der Waals surface area contributed by atoms with E-state index in [9.17, 15) is 0 Å². The number of nitrogens with one attached hydrogen (secondary N) is 1. The molecule has 1 aromatic heterocycles. The maximum atomic E-state index is 5.50. The molecule has 17 heavy (non-hydrogen) atoms. The normalized spacial score (nSPS) is 12.9. The molecule has 0 aromatic carbocycles. The molecule has 0 aliphatic carbocycles. The highest BCUT2D eigenvalue weighted by Crippen LogP contribution is 2.03. The molecule has 1 rings (SSSR count). The summed E-state index contributed by atoms with van der Waals surface area (Å²) < 4.78 is 7.58. The zero-order chi connectivity index (χ0) is 12.5. The van der Waals surface area contributed by atoms with Gasteiger partial charge in [-0.05, 0) is 26.3 Å². The molecule has 0 fully saturated rings. The van der Waals surface area contributed by atoms with Gasteiger partial charge in [-0.1, -0.05) is 6.92 Å². The highest BCUT2D eigenvalue weighted by molar-refractivity contribution is 4.92. The van der Waals surface area contributed by atoms with Crippen LogP contribution in [0.1, 0.15) is 32.5 Å². The maximum absolute atomic E-state index is 5.50. The predicted molar refractivity (Wildman–Crippen MR) is 70.1 cm³/mol. The zero-order valence-corrected chi connectivity index (χ0v) is 11.3. The largest absolute Gasteiger partial charge is 0.380 e. The molecule has 1 heterocycles. The molecule has 1 N–H and O–H groups in total. The third-order valence-electron chi connectivity index (χ3n) is 2.84. The van der Waals surface area contributed by atoms with Gasteiger partial charge in [0, 0.05) is 38.5 Å². The molecule has 0 aliphatic rings. The maximum Gasteiger partial charge on any atom is 0.108 e. The molecule has 0 aliphatic heterocycles. The number of ether oxygens (including phenoxy) is 1. The Bertz CT molecular complexity index is 291. The van der Waals surface area contributed by atoms with E-state index in [2.05, 4.69) is 21.8 Å². The first-order valence-electron chi connectivity index (χ1n) is 6.55. The smallest absolute Gasteiger partial charge is 0.108 e. The number of hydrogen-bond acceptors (Lipinski definition) is 3. The van der Waals surface area contributed by atoms with Crippen LogP contribution >= 0.6 is 0 Å². The van der Waals surface area contributed by atoms with E-state index in [0.717, 1.165) is 44.8 Å². The fraction of sp³-hybridized carbons (Fsp3) is 0.769. The van der Waals surface area contributed by atoms with Gasteiger partial charge in [-0.15, -0.1) is 0 Å². The summed E-state index contributed by atoms with van der Waals surface area (Å²) in [7, 11) is 2.04. The molecule has 1 aromatic rings. The summed E-state index contributed by atoms with van der Waals surface area (Å²) in [5, 5.41) is 3.52. The number of rotatable bonds is 9. The van der Waals surface area contributed by atoms with Crippen LogP contribution in [0.3, 0.4) is 0 Å². The minimum absolute atomic E-state index is 0.437. The molecule has 0 spiro atoms. The van der Waals surface area contributed by atoms with Crippen molar-refractivity contribution in [2.24, 2.45) is 7.05 Å². The molecule has 1 unspecified atom stereocenters. The van der Waals surface area contributed by atoms with Gasteiger partial charge in [-0.25, -0.2) is 4.98 Å². The van der Waals surface area contributed by atoms with Crippen LogP contribution in [0.5, 0.6) is 0 Å². The van der Waals surface area contributed by atoms with Crippen molar-refractivity contribution < 1.29 is 4.74 Å². The van der Waals surface area contributed by atoms with Crippen molar-refractivity contribution in [3.8, 4) is 0 Å². The Labute approximate surface area is 104 Å². The van der Waals surface area contributed by atoms with Gasteiger partial charge < -0.3 is 14.6 Å². The van der Waals surface area contributed by atoms with E-state index in [1.165, 1.54) is 0 Å². The van der Waals surface area contributed by atoms with Gasteiger partial charge in [0.05, 0.1) is 6.61 Å². The molecule has 1 atom stereocenters. The predicted octanol–water partition coefficient (Wildman–Crippen LogP) is 1.76. The monoisotopic (exact) mass is 239 g/mol. The van der Waals surface area contributed by atoms with Gasteiger partial charge in [0.2, 0.25) is 0 Å². The van der Waals surface area contributed by atoms with E-state index in [1.807, 2.05) is 26.4 Å². The lowest BCUT2D eigenvalue weighted by Crippen LogP contribution is -2.34. The van der Waals surface area contributed by atoms with Crippen molar-refractivity contribution in [3.05, 3.63) is 18.2 Å². The number of hydrogen-bond donors (Lipinski definition) is 1. The molecule has 0 amide bonds. The van der Waals surface area contributed by atoms with Crippen LogP contribution in [0, 0.1) is 0 Å². The highest BCUT2D eigenvalue weighted by Gasteiger charge is 2.09. The number of aryl methyl sites for hydroxylation is 2. The minimum atomic E-state index is 0.437. The summed E-state index contributed by atoms with van der Waals surface area (Å²) in [6, 6.07) is 0.437. The summed E-state index contributed by atoms with van der Waals surface area (Å²) in [6.07, 6.45) is 7.08. The van der Waals surface area contributed by atoms with Crippen molar-refractivity contribution in [1.82, 2.24) is 14.9 Å². The summed E-state index contributed by atoms with van der Waals surface area (Å²) in [4.78, 5) is 4.34. The average Bonchev–Trinajstić information content (AvgIpc) is 2.74. The highest BCUT2D eigenvalue weighted by atomic mass is 16.5. The molecule has 4 nitrogen and oxygen atoms in total. The van der Waals surface area contributed by atoms with Crippen LogP contribution in [0.2, 0.25) is 0 Å². The number of aromatic nitrogens is 2. The van der Waals surface area contributed by atoms with Gasteiger partial charge in [0.15, 0.2) is 0 Å². The molecular weight excluding hydrogens is 214 g/mol. The van der Waals surface area contributed by atoms with Crippen molar-refractivity contribution >= 4 is 0 Å². The van der Waals surface area contributed by atoms with Crippen LogP contribution in [0.25, 0.3) is 0 Å². The quantitative estimate of drug-likeness (QED) is 0.713. The minimum Gasteiger partial charge on any atom is -0.380 e. The van der Waals surface area contributed by atoms with Gasteiger partial charge >= 0.3 is 0 Å². The lowest BCUT2D eigenvalue weighted by Gasteiger charge is -2.18. The summed E-state index contributed by atoms with van der Waals surface area (Å²) in [5.74, 6) is 1.14. The summed E-state index contributed by atoms with van der Waals surface area (Å²) in [6.45, 7) is 6.85. The van der Waals surface area contributed by atoms with E-state index < -0.39 is 0 Å². The molecule has 0 saturated carbocycles. The molecule has 0 radical (unpaired) electrons. The summed E-state index contributed by atoms with van der Waals surface area (Å²) >= 11 is 0. The van der Waals surface area contributed by atoms with Gasteiger partial charge in [0.1, 0.15) is 5.82 Å². The Morgan fingerprint density at radius 2 is 2.29 bits per heavy atom. The second-order valence-electron chi connectivity index (χ2n) is 4.30. The Morgan fingerprint density at radius 3 is 2.88 bits per heavy atom. The first-order chi connectivity index (χ1) is 8.27. The lowest BCUT2D eigenvalue weighted by atomic mass is 10.1. The standard InChI is InChI=1S/C13H25N3O/c1-4-8-14-12(11-17-5-2)6-7-13-15-9-10-16(13)3/h9-10,12,14H,4-8,11H2,1-3H3. The second kappa shape index (κ2) is 8.25. The first kappa shape index (κ1) is 14.2. The molecule has 4 heteroatoms. The molecule has 0 saturated heterocycles. The van der Waals surface area contributed by atoms with E-state index in [1.54, 1.807) is 0 Å². The fourth-order valence-electron chi connectivity index (χ4n) is 1.79. The van der Waals surface area contributed by atoms with E-state index in [-0.39, 0.29) is 0 Å². The molecule has 98 valence electrons. The van der Waals surface area contributed by atoms with Gasteiger partial charge in [-0.3, -0.25) is 0 Å².